The number of carboxylic acids is 1. The van der Waals surface area contributed by atoms with E-state index in [-0.39, 0.29) is 20.5 Å². The molecule has 1 aliphatic rings. The van der Waals surface area contributed by atoms with Crippen molar-refractivity contribution in [1.29, 1.82) is 0 Å². The van der Waals surface area contributed by atoms with E-state index >= 15 is 0 Å². The van der Waals surface area contributed by atoms with Gasteiger partial charge in [-0.25, -0.2) is 4.79 Å². The summed E-state index contributed by atoms with van der Waals surface area (Å²) in [6, 6.07) is 7.83. The number of alkyl halides is 3. The summed E-state index contributed by atoms with van der Waals surface area (Å²) in [5, 5.41) is 18.6. The zero-order chi connectivity index (χ0) is 20.6. The highest BCUT2D eigenvalue weighted by Gasteiger charge is 2.35. The number of anilines is 1. The second-order valence-corrected chi connectivity index (χ2v) is 7.32. The van der Waals surface area contributed by atoms with E-state index in [1.54, 1.807) is 0 Å². The number of rotatable bonds is 3. The fourth-order valence-corrected chi connectivity index (χ4v) is 3.75. The SMILES string of the molecule is O=C(O)c1cc(/C=C2/SC(=S)N(c3ccc(C(F)(F)F)cc3)C2=O)ccc1O. The number of hydrogen-bond acceptors (Lipinski definition) is 5. The molecule has 3 rings (SSSR count). The summed E-state index contributed by atoms with van der Waals surface area (Å²) in [5.41, 5.74) is -0.631. The second kappa shape index (κ2) is 7.28. The van der Waals surface area contributed by atoms with Gasteiger partial charge < -0.3 is 10.2 Å². The molecule has 2 aromatic carbocycles. The number of thiocarbonyl (C=S) groups is 1. The van der Waals surface area contributed by atoms with Crippen LogP contribution in [0.2, 0.25) is 0 Å². The monoisotopic (exact) mass is 425 g/mol. The van der Waals surface area contributed by atoms with Crippen molar-refractivity contribution < 1.29 is 33.0 Å². The highest BCUT2D eigenvalue weighted by atomic mass is 32.2. The van der Waals surface area contributed by atoms with Gasteiger partial charge in [0, 0.05) is 0 Å². The molecule has 0 bridgehead atoms. The molecule has 0 aromatic heterocycles. The molecule has 2 N–H and O–H groups in total. The van der Waals surface area contributed by atoms with E-state index in [2.05, 4.69) is 0 Å². The largest absolute Gasteiger partial charge is 0.507 e. The molecule has 0 radical (unpaired) electrons. The zero-order valence-electron chi connectivity index (χ0n) is 13.7. The molecule has 1 heterocycles. The Kier molecular flexibility index (Phi) is 5.18. The van der Waals surface area contributed by atoms with Crippen molar-refractivity contribution in [2.24, 2.45) is 0 Å². The van der Waals surface area contributed by atoms with Crippen molar-refractivity contribution in [1.82, 2.24) is 0 Å². The van der Waals surface area contributed by atoms with E-state index < -0.39 is 29.4 Å². The van der Waals surface area contributed by atoms with Gasteiger partial charge in [0.25, 0.3) is 5.91 Å². The van der Waals surface area contributed by atoms with Crippen LogP contribution in [-0.2, 0) is 11.0 Å². The van der Waals surface area contributed by atoms with Crippen LogP contribution in [0.25, 0.3) is 6.08 Å². The highest BCUT2D eigenvalue weighted by molar-refractivity contribution is 8.27. The first-order valence-electron chi connectivity index (χ1n) is 7.59. The minimum absolute atomic E-state index is 0.133. The van der Waals surface area contributed by atoms with Gasteiger partial charge in [0.2, 0.25) is 0 Å². The van der Waals surface area contributed by atoms with Crippen LogP contribution in [0.15, 0.2) is 47.4 Å². The van der Waals surface area contributed by atoms with Gasteiger partial charge in [0.15, 0.2) is 4.32 Å². The molecule has 1 saturated heterocycles. The number of carbonyl (C=O) groups is 2. The maximum Gasteiger partial charge on any atom is 0.416 e. The summed E-state index contributed by atoms with van der Waals surface area (Å²) in [4.78, 5) is 25.0. The maximum atomic E-state index is 12.7. The van der Waals surface area contributed by atoms with Gasteiger partial charge in [0.1, 0.15) is 11.3 Å². The fraction of sp³-hybridized carbons (Fsp3) is 0.0556. The minimum Gasteiger partial charge on any atom is -0.507 e. The number of nitrogens with zero attached hydrogens (tertiary/aromatic N) is 1. The van der Waals surface area contributed by atoms with Gasteiger partial charge in [-0.15, -0.1) is 0 Å². The smallest absolute Gasteiger partial charge is 0.416 e. The lowest BCUT2D eigenvalue weighted by Gasteiger charge is -2.15. The number of aromatic hydroxyl groups is 1. The first-order chi connectivity index (χ1) is 13.1. The number of carboxylic acid groups (broad SMARTS) is 1. The Morgan fingerprint density at radius 3 is 2.36 bits per heavy atom. The first kappa shape index (κ1) is 19.9. The van der Waals surface area contributed by atoms with Crippen molar-refractivity contribution >= 4 is 51.9 Å². The summed E-state index contributed by atoms with van der Waals surface area (Å²) in [5.74, 6) is -2.29. The van der Waals surface area contributed by atoms with Crippen molar-refractivity contribution in [3.05, 3.63) is 64.1 Å². The Balaban J connectivity index is 1.91. The Labute approximate surface area is 166 Å². The molecular formula is C18H10F3NO4S2. The molecule has 144 valence electrons. The molecule has 0 spiro atoms. The number of benzene rings is 2. The Morgan fingerprint density at radius 2 is 1.79 bits per heavy atom. The van der Waals surface area contributed by atoms with Crippen LogP contribution in [0, 0.1) is 0 Å². The van der Waals surface area contributed by atoms with Gasteiger partial charge in [-0.05, 0) is 48.0 Å². The summed E-state index contributed by atoms with van der Waals surface area (Å²) >= 11 is 6.09. The quantitative estimate of drug-likeness (QED) is 0.556. The van der Waals surface area contributed by atoms with Crippen LogP contribution in [-0.4, -0.2) is 26.4 Å². The lowest BCUT2D eigenvalue weighted by Crippen LogP contribution is -2.27. The number of thioether (sulfide) groups is 1. The number of amides is 1. The molecule has 28 heavy (non-hydrogen) atoms. The Bertz CT molecular complexity index is 1020. The number of aromatic carboxylic acids is 1. The average molecular weight is 425 g/mol. The molecule has 1 fully saturated rings. The summed E-state index contributed by atoms with van der Waals surface area (Å²) in [6.45, 7) is 0. The molecule has 0 unspecified atom stereocenters. The van der Waals surface area contributed by atoms with E-state index in [1.165, 1.54) is 24.3 Å². The van der Waals surface area contributed by atoms with Crippen molar-refractivity contribution in [3.8, 4) is 5.75 Å². The lowest BCUT2D eigenvalue weighted by atomic mass is 10.1. The average Bonchev–Trinajstić information content (AvgIpc) is 2.89. The van der Waals surface area contributed by atoms with Crippen LogP contribution in [0.1, 0.15) is 21.5 Å². The Hall–Kier alpha value is -2.85. The third-order valence-corrected chi connectivity index (χ3v) is 5.10. The predicted molar refractivity (Wildman–Crippen MR) is 102 cm³/mol. The van der Waals surface area contributed by atoms with Crippen molar-refractivity contribution in [2.75, 3.05) is 4.90 Å². The van der Waals surface area contributed by atoms with E-state index in [0.29, 0.717) is 5.56 Å². The third kappa shape index (κ3) is 3.87. The molecule has 0 saturated carbocycles. The van der Waals surface area contributed by atoms with Crippen LogP contribution in [0.4, 0.5) is 18.9 Å². The van der Waals surface area contributed by atoms with Gasteiger partial charge in [-0.3, -0.25) is 9.69 Å². The fourth-order valence-electron chi connectivity index (χ4n) is 2.46. The van der Waals surface area contributed by atoms with Gasteiger partial charge in [-0.1, -0.05) is 30.0 Å². The molecular weight excluding hydrogens is 415 g/mol. The summed E-state index contributed by atoms with van der Waals surface area (Å²) < 4.78 is 38.2. The van der Waals surface area contributed by atoms with Crippen LogP contribution in [0.3, 0.4) is 0 Å². The van der Waals surface area contributed by atoms with Crippen LogP contribution in [0.5, 0.6) is 5.75 Å². The van der Waals surface area contributed by atoms with Crippen molar-refractivity contribution in [3.63, 3.8) is 0 Å². The molecule has 5 nitrogen and oxygen atoms in total. The number of carbonyl (C=O) groups excluding carboxylic acids is 1. The topological polar surface area (TPSA) is 77.8 Å². The standard InChI is InChI=1S/C18H10F3NO4S2/c19-18(20,21)10-2-4-11(5-3-10)22-15(24)14(28-17(22)27)8-9-1-6-13(23)12(7-9)16(25)26/h1-8,23H,(H,25,26)/b14-8+. The van der Waals surface area contributed by atoms with E-state index in [1.807, 2.05) is 0 Å². The van der Waals surface area contributed by atoms with Crippen molar-refractivity contribution in [2.45, 2.75) is 6.18 Å². The molecule has 0 atom stereocenters. The van der Waals surface area contributed by atoms with Crippen LogP contribution >= 0.6 is 24.0 Å². The van der Waals surface area contributed by atoms with E-state index in [4.69, 9.17) is 17.3 Å². The minimum atomic E-state index is -4.49. The van der Waals surface area contributed by atoms with Gasteiger partial charge in [-0.2, -0.15) is 13.2 Å². The second-order valence-electron chi connectivity index (χ2n) is 5.64. The highest BCUT2D eigenvalue weighted by Crippen LogP contribution is 2.37. The third-order valence-electron chi connectivity index (χ3n) is 3.80. The number of halogens is 3. The number of phenols is 1. The Morgan fingerprint density at radius 1 is 1.14 bits per heavy atom. The lowest BCUT2D eigenvalue weighted by molar-refractivity contribution is -0.137. The normalized spacial score (nSPS) is 16.1. The van der Waals surface area contributed by atoms with Gasteiger partial charge >= 0.3 is 12.1 Å². The van der Waals surface area contributed by atoms with E-state index in [9.17, 15) is 27.9 Å². The molecule has 10 heteroatoms. The van der Waals surface area contributed by atoms with E-state index in [0.717, 1.165) is 40.9 Å². The number of hydrogen-bond donors (Lipinski definition) is 2. The molecule has 0 aliphatic carbocycles. The molecule has 1 aliphatic heterocycles. The molecule has 1 amide bonds. The maximum absolute atomic E-state index is 12.7. The zero-order valence-corrected chi connectivity index (χ0v) is 15.4. The predicted octanol–water partition coefficient (Wildman–Crippen LogP) is 4.52. The van der Waals surface area contributed by atoms with Gasteiger partial charge in [0.05, 0.1) is 16.2 Å². The first-order valence-corrected chi connectivity index (χ1v) is 8.82. The summed E-state index contributed by atoms with van der Waals surface area (Å²) in [6.07, 6.45) is -3.09. The summed E-state index contributed by atoms with van der Waals surface area (Å²) in [7, 11) is 0. The van der Waals surface area contributed by atoms with Crippen LogP contribution < -0.4 is 4.90 Å². The molecule has 2 aromatic rings.